The number of thiazole rings is 1. The van der Waals surface area contributed by atoms with Crippen molar-refractivity contribution in [3.63, 3.8) is 0 Å². The standard InChI is InChI=1S/C10H17ClN2S/c1-7(2)9(4-11)12-5-10-13-8(3)6-14-10/h6-7,9,12H,4-5H2,1-3H3. The van der Waals surface area contributed by atoms with E-state index in [1.165, 1.54) is 0 Å². The zero-order chi connectivity index (χ0) is 10.6. The number of rotatable bonds is 5. The Labute approximate surface area is 94.7 Å². The summed E-state index contributed by atoms with van der Waals surface area (Å²) in [6.45, 7) is 7.19. The van der Waals surface area contributed by atoms with Gasteiger partial charge in [0.15, 0.2) is 0 Å². The third-order valence-electron chi connectivity index (χ3n) is 2.15. The van der Waals surface area contributed by atoms with Crippen molar-refractivity contribution in [2.45, 2.75) is 33.4 Å². The monoisotopic (exact) mass is 232 g/mol. The fourth-order valence-corrected chi connectivity index (χ4v) is 2.36. The van der Waals surface area contributed by atoms with Gasteiger partial charge in [0, 0.05) is 29.5 Å². The van der Waals surface area contributed by atoms with Crippen molar-refractivity contribution in [3.05, 3.63) is 16.1 Å². The summed E-state index contributed by atoms with van der Waals surface area (Å²) in [4.78, 5) is 4.39. The lowest BCUT2D eigenvalue weighted by Gasteiger charge is -2.18. The molecule has 1 unspecified atom stereocenters. The predicted molar refractivity (Wildman–Crippen MR) is 63.0 cm³/mol. The van der Waals surface area contributed by atoms with E-state index in [-0.39, 0.29) is 0 Å². The van der Waals surface area contributed by atoms with Crippen LogP contribution in [-0.2, 0) is 6.54 Å². The lowest BCUT2D eigenvalue weighted by atomic mass is 10.1. The summed E-state index contributed by atoms with van der Waals surface area (Å²) in [6, 6.07) is 0.376. The Balaban J connectivity index is 2.39. The highest BCUT2D eigenvalue weighted by Gasteiger charge is 2.11. The van der Waals surface area contributed by atoms with Gasteiger partial charge in [-0.1, -0.05) is 13.8 Å². The molecule has 80 valence electrons. The van der Waals surface area contributed by atoms with Crippen molar-refractivity contribution in [2.75, 3.05) is 5.88 Å². The van der Waals surface area contributed by atoms with Gasteiger partial charge in [0.2, 0.25) is 0 Å². The Bertz CT molecular complexity index is 273. The molecule has 4 heteroatoms. The van der Waals surface area contributed by atoms with Gasteiger partial charge in [-0.3, -0.25) is 0 Å². The summed E-state index contributed by atoms with van der Waals surface area (Å²) >= 11 is 7.55. The van der Waals surface area contributed by atoms with Crippen LogP contribution in [-0.4, -0.2) is 16.9 Å². The molecule has 0 amide bonds. The minimum atomic E-state index is 0.376. The Morgan fingerprint density at radius 1 is 1.57 bits per heavy atom. The first kappa shape index (κ1) is 12.0. The Morgan fingerprint density at radius 2 is 2.29 bits per heavy atom. The number of aryl methyl sites for hydroxylation is 1. The lowest BCUT2D eigenvalue weighted by molar-refractivity contribution is 0.430. The van der Waals surface area contributed by atoms with E-state index in [0.29, 0.717) is 17.8 Å². The summed E-state index contributed by atoms with van der Waals surface area (Å²) in [5.41, 5.74) is 1.10. The van der Waals surface area contributed by atoms with Gasteiger partial charge in [-0.25, -0.2) is 4.98 Å². The van der Waals surface area contributed by atoms with Crippen LogP contribution in [0.1, 0.15) is 24.5 Å². The quantitative estimate of drug-likeness (QED) is 0.790. The fourth-order valence-electron chi connectivity index (χ4n) is 1.17. The maximum atomic E-state index is 5.85. The second kappa shape index (κ2) is 5.69. The molecular weight excluding hydrogens is 216 g/mol. The summed E-state index contributed by atoms with van der Waals surface area (Å²) in [5.74, 6) is 1.22. The zero-order valence-corrected chi connectivity index (χ0v) is 10.5. The Kier molecular flexibility index (Phi) is 4.85. The number of aromatic nitrogens is 1. The first-order valence-electron chi connectivity index (χ1n) is 4.84. The van der Waals surface area contributed by atoms with E-state index in [1.54, 1.807) is 11.3 Å². The fraction of sp³-hybridized carbons (Fsp3) is 0.700. The molecule has 1 rings (SSSR count). The molecule has 14 heavy (non-hydrogen) atoms. The SMILES string of the molecule is Cc1csc(CNC(CCl)C(C)C)n1. The van der Waals surface area contributed by atoms with Crippen LogP contribution < -0.4 is 5.32 Å². The number of nitrogens with one attached hydrogen (secondary N) is 1. The molecule has 1 aromatic rings. The Hall–Kier alpha value is -0.120. The molecule has 1 N–H and O–H groups in total. The highest BCUT2D eigenvalue weighted by molar-refractivity contribution is 7.09. The number of hydrogen-bond donors (Lipinski definition) is 1. The average molecular weight is 233 g/mol. The molecule has 0 bridgehead atoms. The predicted octanol–water partition coefficient (Wildman–Crippen LogP) is 2.80. The van der Waals surface area contributed by atoms with Gasteiger partial charge >= 0.3 is 0 Å². The van der Waals surface area contributed by atoms with Crippen LogP contribution in [0.25, 0.3) is 0 Å². The molecule has 0 aromatic carbocycles. The van der Waals surface area contributed by atoms with Crippen molar-refractivity contribution >= 4 is 22.9 Å². The first-order valence-corrected chi connectivity index (χ1v) is 6.25. The maximum Gasteiger partial charge on any atom is 0.107 e. The van der Waals surface area contributed by atoms with E-state index >= 15 is 0 Å². The van der Waals surface area contributed by atoms with Gasteiger partial charge in [0.25, 0.3) is 0 Å². The molecule has 1 atom stereocenters. The van der Waals surface area contributed by atoms with Crippen LogP contribution in [0.4, 0.5) is 0 Å². The smallest absolute Gasteiger partial charge is 0.107 e. The maximum absolute atomic E-state index is 5.85. The molecule has 0 saturated heterocycles. The highest BCUT2D eigenvalue weighted by Crippen LogP contribution is 2.10. The number of halogens is 1. The number of hydrogen-bond acceptors (Lipinski definition) is 3. The van der Waals surface area contributed by atoms with Crippen molar-refractivity contribution in [1.82, 2.24) is 10.3 Å². The second-order valence-corrected chi connectivity index (χ2v) is 5.02. The van der Waals surface area contributed by atoms with Crippen LogP contribution in [0.15, 0.2) is 5.38 Å². The van der Waals surface area contributed by atoms with Gasteiger partial charge in [0.05, 0.1) is 0 Å². The molecule has 0 aliphatic heterocycles. The van der Waals surface area contributed by atoms with Gasteiger partial charge in [-0.15, -0.1) is 22.9 Å². The van der Waals surface area contributed by atoms with Crippen molar-refractivity contribution in [3.8, 4) is 0 Å². The molecule has 1 aromatic heterocycles. The Morgan fingerprint density at radius 3 is 2.71 bits per heavy atom. The van der Waals surface area contributed by atoms with E-state index in [0.717, 1.165) is 17.2 Å². The highest BCUT2D eigenvalue weighted by atomic mass is 35.5. The van der Waals surface area contributed by atoms with Crippen molar-refractivity contribution < 1.29 is 0 Å². The van der Waals surface area contributed by atoms with Gasteiger partial charge in [0.1, 0.15) is 5.01 Å². The minimum Gasteiger partial charge on any atom is -0.306 e. The summed E-state index contributed by atoms with van der Waals surface area (Å²) in [7, 11) is 0. The molecule has 1 heterocycles. The van der Waals surface area contributed by atoms with Gasteiger partial charge < -0.3 is 5.32 Å². The second-order valence-electron chi connectivity index (χ2n) is 3.77. The average Bonchev–Trinajstić information content (AvgIpc) is 2.52. The molecule has 0 aliphatic carbocycles. The van der Waals surface area contributed by atoms with Crippen LogP contribution >= 0.6 is 22.9 Å². The summed E-state index contributed by atoms with van der Waals surface area (Å²) in [5, 5.41) is 6.62. The molecule has 0 saturated carbocycles. The minimum absolute atomic E-state index is 0.376. The molecule has 0 aliphatic rings. The number of nitrogens with zero attached hydrogens (tertiary/aromatic N) is 1. The zero-order valence-electron chi connectivity index (χ0n) is 8.88. The molecule has 0 fully saturated rings. The van der Waals surface area contributed by atoms with Gasteiger partial charge in [-0.05, 0) is 12.8 Å². The van der Waals surface area contributed by atoms with Crippen LogP contribution in [0, 0.1) is 12.8 Å². The largest absolute Gasteiger partial charge is 0.306 e. The van der Waals surface area contributed by atoms with Crippen LogP contribution in [0.2, 0.25) is 0 Å². The van der Waals surface area contributed by atoms with E-state index in [9.17, 15) is 0 Å². The third kappa shape index (κ3) is 3.56. The van der Waals surface area contributed by atoms with Crippen molar-refractivity contribution in [2.24, 2.45) is 5.92 Å². The molecule has 0 spiro atoms. The van der Waals surface area contributed by atoms with E-state index in [2.05, 4.69) is 29.5 Å². The third-order valence-corrected chi connectivity index (χ3v) is 3.45. The van der Waals surface area contributed by atoms with E-state index < -0.39 is 0 Å². The molecule has 0 radical (unpaired) electrons. The molecular formula is C10H17ClN2S. The lowest BCUT2D eigenvalue weighted by Crippen LogP contribution is -2.34. The molecule has 2 nitrogen and oxygen atoms in total. The van der Waals surface area contributed by atoms with Crippen LogP contribution in [0.3, 0.4) is 0 Å². The van der Waals surface area contributed by atoms with E-state index in [1.807, 2.05) is 6.92 Å². The topological polar surface area (TPSA) is 24.9 Å². The normalized spacial score (nSPS) is 13.5. The first-order chi connectivity index (χ1) is 6.63. The summed E-state index contributed by atoms with van der Waals surface area (Å²) in [6.07, 6.45) is 0. The van der Waals surface area contributed by atoms with Gasteiger partial charge in [-0.2, -0.15) is 0 Å². The number of alkyl halides is 1. The summed E-state index contributed by atoms with van der Waals surface area (Å²) < 4.78 is 0. The van der Waals surface area contributed by atoms with Crippen LogP contribution in [0.5, 0.6) is 0 Å². The van der Waals surface area contributed by atoms with Crippen molar-refractivity contribution in [1.29, 1.82) is 0 Å². The van der Waals surface area contributed by atoms with E-state index in [4.69, 9.17) is 11.6 Å².